The normalized spacial score (nSPS) is 10.7. The molecule has 2 aromatic rings. The van der Waals surface area contributed by atoms with Crippen LogP contribution in [0.2, 0.25) is 0 Å². The predicted molar refractivity (Wildman–Crippen MR) is 89.5 cm³/mol. The number of aromatic nitrogens is 1. The lowest BCUT2D eigenvalue weighted by molar-refractivity contribution is 0.392. The molecule has 23 heavy (non-hydrogen) atoms. The zero-order valence-corrected chi connectivity index (χ0v) is 13.9. The summed E-state index contributed by atoms with van der Waals surface area (Å²) in [7, 11) is 3.82. The Bertz CT molecular complexity index is 747. The van der Waals surface area contributed by atoms with E-state index in [1.165, 1.54) is 0 Å². The molecule has 4 nitrogen and oxygen atoms in total. The monoisotopic (exact) mass is 312 g/mol. The highest BCUT2D eigenvalue weighted by molar-refractivity contribution is 5.60. The molecule has 1 heterocycles. The average Bonchev–Trinajstić information content (AvgIpc) is 2.46. The van der Waals surface area contributed by atoms with Crippen LogP contribution in [0.4, 0.5) is 10.1 Å². The summed E-state index contributed by atoms with van der Waals surface area (Å²) in [5.74, 6) is -0.208. The van der Waals surface area contributed by atoms with E-state index in [2.05, 4.69) is 16.4 Å². The average molecular weight is 312 g/mol. The Balaban J connectivity index is 2.16. The largest absolute Gasteiger partial charge is 0.380 e. The van der Waals surface area contributed by atoms with Crippen molar-refractivity contribution in [3.8, 4) is 6.07 Å². The maximum absolute atomic E-state index is 14.1. The Kier molecular flexibility index (Phi) is 5.30. The van der Waals surface area contributed by atoms with Crippen LogP contribution >= 0.6 is 0 Å². The van der Waals surface area contributed by atoms with Gasteiger partial charge in [-0.1, -0.05) is 12.1 Å². The Labute approximate surface area is 136 Å². The third kappa shape index (κ3) is 4.27. The first-order valence-electron chi connectivity index (χ1n) is 7.45. The van der Waals surface area contributed by atoms with Crippen LogP contribution in [0.3, 0.4) is 0 Å². The fourth-order valence-corrected chi connectivity index (χ4v) is 2.48. The number of hydrogen-bond donors (Lipinski definition) is 1. The zero-order chi connectivity index (χ0) is 17.0. The topological polar surface area (TPSA) is 52.0 Å². The van der Waals surface area contributed by atoms with Crippen molar-refractivity contribution in [1.82, 2.24) is 9.88 Å². The molecule has 0 fully saturated rings. The molecule has 1 aromatic heterocycles. The van der Waals surface area contributed by atoms with E-state index in [9.17, 15) is 9.65 Å². The van der Waals surface area contributed by atoms with Crippen molar-refractivity contribution in [2.45, 2.75) is 26.9 Å². The Morgan fingerprint density at radius 1 is 1.26 bits per heavy atom. The molecule has 0 saturated heterocycles. The lowest BCUT2D eigenvalue weighted by Crippen LogP contribution is -2.12. The van der Waals surface area contributed by atoms with Crippen molar-refractivity contribution in [2.24, 2.45) is 0 Å². The van der Waals surface area contributed by atoms with Crippen LogP contribution in [0.15, 0.2) is 24.3 Å². The molecule has 2 rings (SSSR count). The second-order valence-electron chi connectivity index (χ2n) is 5.90. The van der Waals surface area contributed by atoms with E-state index < -0.39 is 0 Å². The molecule has 0 radical (unpaired) electrons. The third-order valence-corrected chi connectivity index (χ3v) is 3.53. The SMILES string of the molecule is Cc1cc(NCc2ccc(CN(C)C)c(F)c2)c(C#N)c(C)n1. The van der Waals surface area contributed by atoms with E-state index in [1.54, 1.807) is 12.1 Å². The maximum atomic E-state index is 14.1. The first-order chi connectivity index (χ1) is 10.9. The van der Waals surface area contributed by atoms with Crippen molar-refractivity contribution in [1.29, 1.82) is 5.26 Å². The van der Waals surface area contributed by atoms with Gasteiger partial charge in [-0.25, -0.2) is 4.39 Å². The van der Waals surface area contributed by atoms with Gasteiger partial charge < -0.3 is 10.2 Å². The van der Waals surface area contributed by atoms with Crippen molar-refractivity contribution < 1.29 is 4.39 Å². The number of nitriles is 1. The molecule has 120 valence electrons. The molecule has 0 aliphatic heterocycles. The lowest BCUT2D eigenvalue weighted by atomic mass is 10.1. The molecular weight excluding hydrogens is 291 g/mol. The lowest BCUT2D eigenvalue weighted by Gasteiger charge is -2.13. The summed E-state index contributed by atoms with van der Waals surface area (Å²) in [5.41, 5.74) is 4.31. The fraction of sp³-hybridized carbons (Fsp3) is 0.333. The van der Waals surface area contributed by atoms with E-state index >= 15 is 0 Å². The third-order valence-electron chi connectivity index (χ3n) is 3.53. The highest BCUT2D eigenvalue weighted by Crippen LogP contribution is 2.20. The first kappa shape index (κ1) is 16.9. The summed E-state index contributed by atoms with van der Waals surface area (Å²) in [5, 5.41) is 12.5. The van der Waals surface area contributed by atoms with Gasteiger partial charge in [-0.15, -0.1) is 0 Å². The summed E-state index contributed by atoms with van der Waals surface area (Å²) in [6.45, 7) is 4.72. The highest BCUT2D eigenvalue weighted by Gasteiger charge is 2.09. The minimum absolute atomic E-state index is 0.208. The number of aryl methyl sites for hydroxylation is 2. The van der Waals surface area contributed by atoms with Crippen LogP contribution in [0.1, 0.15) is 28.1 Å². The summed E-state index contributed by atoms with van der Waals surface area (Å²) in [6, 6.07) is 9.25. The fourth-order valence-electron chi connectivity index (χ4n) is 2.48. The first-order valence-corrected chi connectivity index (χ1v) is 7.45. The van der Waals surface area contributed by atoms with E-state index in [0.29, 0.717) is 29.9 Å². The summed E-state index contributed by atoms with van der Waals surface area (Å²) in [4.78, 5) is 6.21. The van der Waals surface area contributed by atoms with Crippen molar-refractivity contribution in [3.05, 3.63) is 58.2 Å². The van der Waals surface area contributed by atoms with E-state index in [-0.39, 0.29) is 5.82 Å². The second kappa shape index (κ2) is 7.21. The molecule has 0 unspecified atom stereocenters. The van der Waals surface area contributed by atoms with Gasteiger partial charge in [-0.2, -0.15) is 5.26 Å². The molecule has 5 heteroatoms. The van der Waals surface area contributed by atoms with Gasteiger partial charge in [0.1, 0.15) is 11.9 Å². The standard InChI is InChI=1S/C18H21FN4/c1-12-7-18(16(9-20)13(2)22-12)21-10-14-5-6-15(11-23(3)4)17(19)8-14/h5-8H,10-11H2,1-4H3,(H,21,22). The number of halogens is 1. The van der Waals surface area contributed by atoms with Gasteiger partial charge in [0.25, 0.3) is 0 Å². The minimum atomic E-state index is -0.208. The molecular formula is C18H21FN4. The van der Waals surface area contributed by atoms with E-state index in [0.717, 1.165) is 16.9 Å². The minimum Gasteiger partial charge on any atom is -0.380 e. The second-order valence-corrected chi connectivity index (χ2v) is 5.90. The summed E-state index contributed by atoms with van der Waals surface area (Å²) < 4.78 is 14.1. The van der Waals surface area contributed by atoms with Crippen molar-refractivity contribution in [3.63, 3.8) is 0 Å². The molecule has 0 saturated carbocycles. The van der Waals surface area contributed by atoms with Crippen molar-refractivity contribution >= 4 is 5.69 Å². The highest BCUT2D eigenvalue weighted by atomic mass is 19.1. The molecule has 0 atom stereocenters. The van der Waals surface area contributed by atoms with Crippen LogP contribution in [0.25, 0.3) is 0 Å². The van der Waals surface area contributed by atoms with E-state index in [1.807, 2.05) is 45.0 Å². The number of nitrogens with zero attached hydrogens (tertiary/aromatic N) is 3. The summed E-state index contributed by atoms with van der Waals surface area (Å²) >= 11 is 0. The Hall–Kier alpha value is -2.45. The van der Waals surface area contributed by atoms with Gasteiger partial charge in [0.05, 0.1) is 16.9 Å². The molecule has 0 bridgehead atoms. The quantitative estimate of drug-likeness (QED) is 0.919. The van der Waals surface area contributed by atoms with Crippen LogP contribution < -0.4 is 5.32 Å². The molecule has 1 aromatic carbocycles. The predicted octanol–water partition coefficient (Wildman–Crippen LogP) is 3.38. The molecule has 0 amide bonds. The summed E-state index contributed by atoms with van der Waals surface area (Å²) in [6.07, 6.45) is 0. The van der Waals surface area contributed by atoms with Gasteiger partial charge in [0, 0.05) is 24.3 Å². The zero-order valence-electron chi connectivity index (χ0n) is 13.9. The van der Waals surface area contributed by atoms with Crippen LogP contribution in [0.5, 0.6) is 0 Å². The van der Waals surface area contributed by atoms with Crippen LogP contribution in [0, 0.1) is 31.0 Å². The Morgan fingerprint density at radius 3 is 2.61 bits per heavy atom. The van der Waals surface area contributed by atoms with Gasteiger partial charge >= 0.3 is 0 Å². The molecule has 0 spiro atoms. The van der Waals surface area contributed by atoms with Crippen molar-refractivity contribution in [2.75, 3.05) is 19.4 Å². The number of pyridine rings is 1. The Morgan fingerprint density at radius 2 is 2.00 bits per heavy atom. The number of nitrogens with one attached hydrogen (secondary N) is 1. The maximum Gasteiger partial charge on any atom is 0.128 e. The molecule has 1 N–H and O–H groups in total. The van der Waals surface area contributed by atoms with Gasteiger partial charge in [-0.3, -0.25) is 4.98 Å². The van der Waals surface area contributed by atoms with Gasteiger partial charge in [0.15, 0.2) is 0 Å². The number of anilines is 1. The van der Waals surface area contributed by atoms with E-state index in [4.69, 9.17) is 0 Å². The number of rotatable bonds is 5. The van der Waals surface area contributed by atoms with Crippen LogP contribution in [-0.2, 0) is 13.1 Å². The molecule has 0 aliphatic rings. The molecule has 0 aliphatic carbocycles. The van der Waals surface area contributed by atoms with Gasteiger partial charge in [0.2, 0.25) is 0 Å². The van der Waals surface area contributed by atoms with Gasteiger partial charge in [-0.05, 0) is 45.6 Å². The van der Waals surface area contributed by atoms with Crippen LogP contribution in [-0.4, -0.2) is 24.0 Å². The number of benzene rings is 1. The smallest absolute Gasteiger partial charge is 0.128 e. The number of hydrogen-bond acceptors (Lipinski definition) is 4.